The molecular weight excluding hydrogens is 427 g/mol. The molecule has 0 unspecified atom stereocenters. The molecule has 0 saturated carbocycles. The van der Waals surface area contributed by atoms with Gasteiger partial charge in [-0.2, -0.15) is 0 Å². The summed E-state index contributed by atoms with van der Waals surface area (Å²) in [6.45, 7) is 9.35. The van der Waals surface area contributed by atoms with Gasteiger partial charge in [-0.1, -0.05) is 0 Å². The van der Waals surface area contributed by atoms with E-state index in [0.29, 0.717) is 0 Å². The number of rotatable bonds is 26. The molecule has 0 spiro atoms. The molecule has 0 saturated heterocycles. The predicted octanol–water partition coefficient (Wildman–Crippen LogP) is 12.4. The zero-order chi connectivity index (χ0) is 23.8. The van der Waals surface area contributed by atoms with Gasteiger partial charge in [-0.25, -0.2) is 0 Å². The SMILES string of the molecule is CCCCCCCCCCCCP(Cl)(CCC)(CCC)CCCCCCCCCCCC. The van der Waals surface area contributed by atoms with E-state index in [9.17, 15) is 0 Å². The van der Waals surface area contributed by atoms with Crippen LogP contribution >= 0.6 is 17.2 Å². The molecule has 196 valence electrons. The molecule has 32 heavy (non-hydrogen) atoms. The van der Waals surface area contributed by atoms with Crippen LogP contribution in [0.2, 0.25) is 0 Å². The quantitative estimate of drug-likeness (QED) is 0.0834. The first-order chi connectivity index (χ1) is 15.5. The third-order valence-electron chi connectivity index (χ3n) is 7.71. The van der Waals surface area contributed by atoms with Gasteiger partial charge in [0, 0.05) is 0 Å². The van der Waals surface area contributed by atoms with Gasteiger partial charge in [-0.3, -0.25) is 0 Å². The molecule has 0 aromatic rings. The summed E-state index contributed by atoms with van der Waals surface area (Å²) in [6, 6.07) is 0. The van der Waals surface area contributed by atoms with Gasteiger partial charge in [-0.05, 0) is 0 Å². The van der Waals surface area contributed by atoms with E-state index in [2.05, 4.69) is 27.7 Å². The van der Waals surface area contributed by atoms with E-state index in [0.717, 1.165) is 0 Å². The monoisotopic (exact) mass is 490 g/mol. The van der Waals surface area contributed by atoms with E-state index in [1.807, 2.05) is 0 Å². The summed E-state index contributed by atoms with van der Waals surface area (Å²) in [5.41, 5.74) is 0. The second kappa shape index (κ2) is 22.2. The van der Waals surface area contributed by atoms with Crippen molar-refractivity contribution < 1.29 is 0 Å². The van der Waals surface area contributed by atoms with Crippen LogP contribution in [0.5, 0.6) is 0 Å². The molecule has 0 aromatic carbocycles. The zero-order valence-electron chi connectivity index (χ0n) is 23.2. The van der Waals surface area contributed by atoms with E-state index >= 15 is 0 Å². The van der Waals surface area contributed by atoms with Crippen LogP contribution in [-0.2, 0) is 0 Å². The summed E-state index contributed by atoms with van der Waals surface area (Å²) in [5, 5.41) is 0. The minimum absolute atomic E-state index is 1.29. The molecule has 0 aliphatic carbocycles. The van der Waals surface area contributed by atoms with E-state index in [1.165, 1.54) is 166 Å². The van der Waals surface area contributed by atoms with Crippen LogP contribution < -0.4 is 0 Å². The molecule has 0 bridgehead atoms. The van der Waals surface area contributed by atoms with Crippen LogP contribution in [0, 0.1) is 0 Å². The topological polar surface area (TPSA) is 0 Å². The minimum atomic E-state index is -1.99. The first kappa shape index (κ1) is 32.7. The molecule has 0 radical (unpaired) electrons. The molecule has 0 aliphatic heterocycles. The Kier molecular flexibility index (Phi) is 22.7. The Bertz CT molecular complexity index is 347. The Morgan fingerprint density at radius 3 is 0.812 bits per heavy atom. The Labute approximate surface area is 210 Å². The number of unbranched alkanes of at least 4 members (excludes halogenated alkanes) is 18. The zero-order valence-corrected chi connectivity index (χ0v) is 24.9. The van der Waals surface area contributed by atoms with Gasteiger partial charge in [0.1, 0.15) is 0 Å². The van der Waals surface area contributed by atoms with Crippen molar-refractivity contribution in [2.45, 2.75) is 169 Å². The molecular formula is C30H64ClP. The standard InChI is InChI=1S/C30H64ClP/c1-5-9-11-13-15-17-19-21-23-25-29-32(31,27-7-3,28-8-4)30-26-24-22-20-18-16-14-12-10-6-2/h5-30H2,1-4H3. The average Bonchev–Trinajstić information content (AvgIpc) is 2.77. The third-order valence-corrected chi connectivity index (χ3v) is 15.7. The van der Waals surface area contributed by atoms with Crippen LogP contribution in [-0.4, -0.2) is 24.6 Å². The molecule has 0 aromatic heterocycles. The van der Waals surface area contributed by atoms with Crippen molar-refractivity contribution in [3.05, 3.63) is 0 Å². The molecule has 0 atom stereocenters. The van der Waals surface area contributed by atoms with Crippen molar-refractivity contribution in [2.24, 2.45) is 0 Å². The van der Waals surface area contributed by atoms with Crippen molar-refractivity contribution in [3.8, 4) is 0 Å². The molecule has 0 rings (SSSR count). The van der Waals surface area contributed by atoms with Crippen LogP contribution in [0.3, 0.4) is 0 Å². The fourth-order valence-electron chi connectivity index (χ4n) is 5.78. The molecule has 0 nitrogen and oxygen atoms in total. The maximum absolute atomic E-state index is 7.75. The predicted molar refractivity (Wildman–Crippen MR) is 157 cm³/mol. The molecule has 2 heteroatoms. The maximum atomic E-state index is 7.75. The van der Waals surface area contributed by atoms with Crippen LogP contribution in [0.15, 0.2) is 0 Å². The van der Waals surface area contributed by atoms with Gasteiger partial charge in [0.2, 0.25) is 0 Å². The first-order valence-electron chi connectivity index (χ1n) is 15.3. The van der Waals surface area contributed by atoms with Gasteiger partial charge in [0.05, 0.1) is 0 Å². The molecule has 0 N–H and O–H groups in total. The van der Waals surface area contributed by atoms with Crippen LogP contribution in [0.1, 0.15) is 169 Å². The summed E-state index contributed by atoms with van der Waals surface area (Å²) in [6.07, 6.45) is 36.6. The number of hydrogen-bond donors (Lipinski definition) is 0. The second-order valence-electron chi connectivity index (χ2n) is 11.1. The fourth-order valence-corrected chi connectivity index (χ4v) is 13.1. The Morgan fingerprint density at radius 2 is 0.562 bits per heavy atom. The number of halogens is 1. The Hall–Kier alpha value is 0.720. The van der Waals surface area contributed by atoms with Gasteiger partial charge in [0.15, 0.2) is 0 Å². The van der Waals surface area contributed by atoms with Gasteiger partial charge in [-0.15, -0.1) is 0 Å². The summed E-state index contributed by atoms with van der Waals surface area (Å²) < 4.78 is 0. The summed E-state index contributed by atoms with van der Waals surface area (Å²) in [4.78, 5) is 0. The molecule has 0 heterocycles. The van der Waals surface area contributed by atoms with Crippen molar-refractivity contribution in [1.29, 1.82) is 0 Å². The normalized spacial score (nSPS) is 13.3. The van der Waals surface area contributed by atoms with Crippen molar-refractivity contribution in [2.75, 3.05) is 24.6 Å². The Morgan fingerprint density at radius 1 is 0.312 bits per heavy atom. The average molecular weight is 491 g/mol. The van der Waals surface area contributed by atoms with Gasteiger partial charge < -0.3 is 0 Å². The summed E-state index contributed by atoms with van der Waals surface area (Å²) in [5.74, 6) is -1.99. The molecule has 0 aliphatic rings. The molecule has 0 fully saturated rings. The van der Waals surface area contributed by atoms with E-state index < -0.39 is 5.96 Å². The van der Waals surface area contributed by atoms with Crippen LogP contribution in [0.4, 0.5) is 0 Å². The van der Waals surface area contributed by atoms with Gasteiger partial charge >= 0.3 is 211 Å². The van der Waals surface area contributed by atoms with E-state index in [4.69, 9.17) is 11.2 Å². The number of hydrogen-bond acceptors (Lipinski definition) is 0. The summed E-state index contributed by atoms with van der Waals surface area (Å²) >= 11 is 7.75. The Balaban J connectivity index is 4.13. The van der Waals surface area contributed by atoms with Gasteiger partial charge in [0.25, 0.3) is 0 Å². The van der Waals surface area contributed by atoms with Crippen molar-refractivity contribution in [3.63, 3.8) is 0 Å². The summed E-state index contributed by atoms with van der Waals surface area (Å²) in [7, 11) is 0. The van der Waals surface area contributed by atoms with Crippen LogP contribution in [0.25, 0.3) is 0 Å². The van der Waals surface area contributed by atoms with E-state index in [-0.39, 0.29) is 0 Å². The molecule has 0 amide bonds. The van der Waals surface area contributed by atoms with Crippen molar-refractivity contribution in [1.82, 2.24) is 0 Å². The third kappa shape index (κ3) is 18.1. The first-order valence-corrected chi connectivity index (χ1v) is 19.1. The van der Waals surface area contributed by atoms with E-state index in [1.54, 1.807) is 0 Å². The fraction of sp³-hybridized carbons (Fsp3) is 1.00. The second-order valence-corrected chi connectivity index (χ2v) is 19.4. The van der Waals surface area contributed by atoms with Crippen molar-refractivity contribution >= 4 is 17.2 Å².